The van der Waals surface area contributed by atoms with Crippen LogP contribution >= 0.6 is 11.3 Å². The van der Waals surface area contributed by atoms with Gasteiger partial charge in [-0.25, -0.2) is 0 Å². The van der Waals surface area contributed by atoms with Gasteiger partial charge in [-0.15, -0.1) is 11.3 Å². The molecule has 46 heavy (non-hydrogen) atoms. The predicted molar refractivity (Wildman–Crippen MR) is 191 cm³/mol. The molecule has 2 aliphatic rings. The van der Waals surface area contributed by atoms with E-state index in [9.17, 15) is 0 Å². The zero-order valence-corrected chi connectivity index (χ0v) is 25.7. The second kappa shape index (κ2) is 9.68. The quantitative estimate of drug-likeness (QED) is 0.199. The number of anilines is 3. The molecular weight excluding hydrogens is 579 g/mol. The third-order valence-electron chi connectivity index (χ3n) is 9.73. The molecule has 0 N–H and O–H groups in total. The summed E-state index contributed by atoms with van der Waals surface area (Å²) >= 11 is 1.87. The zero-order valence-electron chi connectivity index (χ0n) is 24.9. The van der Waals surface area contributed by atoms with Crippen molar-refractivity contribution in [2.24, 2.45) is 0 Å². The fourth-order valence-corrected chi connectivity index (χ4v) is 9.11. The van der Waals surface area contributed by atoms with E-state index in [4.69, 9.17) is 4.74 Å². The third kappa shape index (κ3) is 3.41. The van der Waals surface area contributed by atoms with Crippen molar-refractivity contribution in [3.05, 3.63) is 186 Å². The maximum absolute atomic E-state index is 6.53. The van der Waals surface area contributed by atoms with Crippen molar-refractivity contribution in [1.29, 1.82) is 0 Å². The number of hydrogen-bond acceptors (Lipinski definition) is 3. The van der Waals surface area contributed by atoms with Gasteiger partial charge in [-0.3, -0.25) is 0 Å². The fourth-order valence-electron chi connectivity index (χ4n) is 7.90. The normalized spacial score (nSPS) is 13.6. The van der Waals surface area contributed by atoms with Crippen LogP contribution in [0.25, 0.3) is 31.3 Å². The van der Waals surface area contributed by atoms with Gasteiger partial charge in [0.2, 0.25) is 0 Å². The number of rotatable bonds is 3. The Bertz CT molecular complexity index is 2430. The number of benzene rings is 7. The van der Waals surface area contributed by atoms with Crippen LogP contribution in [-0.4, -0.2) is 0 Å². The maximum Gasteiger partial charge on any atom is 0.132 e. The first-order valence-electron chi connectivity index (χ1n) is 15.7. The third-order valence-corrected chi connectivity index (χ3v) is 10.9. The van der Waals surface area contributed by atoms with Crippen molar-refractivity contribution in [1.82, 2.24) is 0 Å². The topological polar surface area (TPSA) is 12.5 Å². The van der Waals surface area contributed by atoms with Crippen molar-refractivity contribution in [3.8, 4) is 22.6 Å². The molecule has 0 amide bonds. The highest BCUT2D eigenvalue weighted by atomic mass is 32.1. The highest BCUT2D eigenvalue weighted by molar-refractivity contribution is 7.26. The van der Waals surface area contributed by atoms with Gasteiger partial charge in [0.1, 0.15) is 11.5 Å². The minimum atomic E-state index is -0.473. The van der Waals surface area contributed by atoms with Crippen LogP contribution in [-0.2, 0) is 5.41 Å². The van der Waals surface area contributed by atoms with Crippen molar-refractivity contribution in [2.75, 3.05) is 4.90 Å². The molecule has 1 aliphatic heterocycles. The zero-order chi connectivity index (χ0) is 30.2. The minimum Gasteiger partial charge on any atom is -0.457 e. The molecule has 10 rings (SSSR count). The van der Waals surface area contributed by atoms with Gasteiger partial charge in [0.05, 0.1) is 15.8 Å². The molecule has 8 aromatic rings. The van der Waals surface area contributed by atoms with Gasteiger partial charge < -0.3 is 9.64 Å². The lowest BCUT2D eigenvalue weighted by atomic mass is 9.66. The summed E-state index contributed by atoms with van der Waals surface area (Å²) in [6.07, 6.45) is 0. The molecule has 1 aromatic heterocycles. The smallest absolute Gasteiger partial charge is 0.132 e. The Balaban J connectivity index is 1.26. The monoisotopic (exact) mass is 605 g/mol. The number of thiophene rings is 1. The summed E-state index contributed by atoms with van der Waals surface area (Å²) in [5, 5.41) is 2.60. The number of ether oxygens (including phenoxy) is 1. The first-order chi connectivity index (χ1) is 22.8. The Morgan fingerprint density at radius 1 is 0.457 bits per heavy atom. The second-order valence-electron chi connectivity index (χ2n) is 12.0. The summed E-state index contributed by atoms with van der Waals surface area (Å²) in [4.78, 5) is 2.43. The number of para-hydroxylation sites is 3. The highest BCUT2D eigenvalue weighted by Gasteiger charge is 2.51. The van der Waals surface area contributed by atoms with Gasteiger partial charge in [-0.2, -0.15) is 0 Å². The van der Waals surface area contributed by atoms with Crippen LogP contribution in [0.3, 0.4) is 0 Å². The summed E-state index contributed by atoms with van der Waals surface area (Å²) < 4.78 is 9.12. The highest BCUT2D eigenvalue weighted by Crippen LogP contribution is 2.62. The average Bonchev–Trinajstić information content (AvgIpc) is 3.64. The largest absolute Gasteiger partial charge is 0.457 e. The summed E-state index contributed by atoms with van der Waals surface area (Å²) in [7, 11) is 0. The van der Waals surface area contributed by atoms with Crippen molar-refractivity contribution < 1.29 is 4.74 Å². The summed E-state index contributed by atoms with van der Waals surface area (Å²) in [6.45, 7) is 0. The van der Waals surface area contributed by atoms with E-state index in [0.29, 0.717) is 0 Å². The van der Waals surface area contributed by atoms with Crippen LogP contribution < -0.4 is 9.64 Å². The Morgan fingerprint density at radius 2 is 1.09 bits per heavy atom. The van der Waals surface area contributed by atoms with E-state index in [0.717, 1.165) is 22.9 Å². The Labute approximate surface area is 271 Å². The van der Waals surface area contributed by atoms with Crippen LogP contribution in [0.1, 0.15) is 22.3 Å². The van der Waals surface area contributed by atoms with Crippen molar-refractivity contribution >= 4 is 48.6 Å². The van der Waals surface area contributed by atoms with E-state index in [-0.39, 0.29) is 0 Å². The lowest BCUT2D eigenvalue weighted by molar-refractivity contribution is 0.436. The first kappa shape index (κ1) is 25.7. The van der Waals surface area contributed by atoms with Crippen molar-refractivity contribution in [3.63, 3.8) is 0 Å². The summed E-state index contributed by atoms with van der Waals surface area (Å²) in [5.74, 6) is 1.82. The Kier molecular flexibility index (Phi) is 5.40. The molecule has 0 saturated heterocycles. The molecule has 0 radical (unpaired) electrons. The second-order valence-corrected chi connectivity index (χ2v) is 13.1. The molecule has 0 atom stereocenters. The minimum absolute atomic E-state index is 0.473. The van der Waals surface area contributed by atoms with E-state index >= 15 is 0 Å². The fraction of sp³-hybridized carbons (Fsp3) is 0.0233. The molecular formula is C43H27NOS. The molecule has 0 unspecified atom stereocenters. The summed E-state index contributed by atoms with van der Waals surface area (Å²) in [6, 6.07) is 59.3. The molecule has 1 aliphatic carbocycles. The van der Waals surface area contributed by atoms with Gasteiger partial charge >= 0.3 is 0 Å². The Morgan fingerprint density at radius 3 is 1.89 bits per heavy atom. The average molecular weight is 606 g/mol. The van der Waals surface area contributed by atoms with E-state index in [2.05, 4.69) is 169 Å². The van der Waals surface area contributed by atoms with E-state index in [1.54, 1.807) is 0 Å². The molecule has 7 aromatic carbocycles. The molecule has 0 bridgehead atoms. The molecule has 3 heteroatoms. The van der Waals surface area contributed by atoms with Crippen molar-refractivity contribution in [2.45, 2.75) is 5.41 Å². The van der Waals surface area contributed by atoms with Crippen LogP contribution in [0.4, 0.5) is 17.1 Å². The lowest BCUT2D eigenvalue weighted by Gasteiger charge is -2.39. The van der Waals surface area contributed by atoms with Gasteiger partial charge in [-0.1, -0.05) is 115 Å². The molecule has 0 fully saturated rings. The van der Waals surface area contributed by atoms with Gasteiger partial charge in [0, 0.05) is 38.0 Å². The molecule has 0 saturated carbocycles. The SMILES string of the molecule is c1ccc(N(c2ccc3c(c2)-c2ccccc2C32c3ccccc3Oc3ccccc32)c2cccc3c2sc2ccccc23)cc1. The van der Waals surface area contributed by atoms with Crippen LogP contribution in [0, 0.1) is 0 Å². The first-order valence-corrected chi connectivity index (χ1v) is 16.5. The van der Waals surface area contributed by atoms with Gasteiger partial charge in [0.15, 0.2) is 0 Å². The molecule has 216 valence electrons. The molecule has 2 nitrogen and oxygen atoms in total. The van der Waals surface area contributed by atoms with Gasteiger partial charge in [-0.05, 0) is 70.8 Å². The predicted octanol–water partition coefficient (Wildman–Crippen LogP) is 12.0. The Hall–Kier alpha value is -5.64. The maximum atomic E-state index is 6.53. The standard InChI is InChI=1S/C43H27NOS/c1-2-13-28(14-3-1)44(38-21-12-17-32-31-16-5-11-24-41(31)46-42(32)38)29-25-26-35-33(27-29)30-15-4-6-18-34(30)43(35)36-19-7-9-22-39(36)45-40-23-10-8-20-37(40)43/h1-27H. The molecule has 1 spiro atoms. The van der Waals surface area contributed by atoms with Crippen LogP contribution in [0.2, 0.25) is 0 Å². The van der Waals surface area contributed by atoms with E-state index in [1.807, 2.05) is 11.3 Å². The molecule has 2 heterocycles. The van der Waals surface area contributed by atoms with Gasteiger partial charge in [0.25, 0.3) is 0 Å². The number of nitrogens with zero attached hydrogens (tertiary/aromatic N) is 1. The number of fused-ring (bicyclic) bond motifs is 12. The van der Waals surface area contributed by atoms with Crippen LogP contribution in [0.5, 0.6) is 11.5 Å². The van der Waals surface area contributed by atoms with Crippen LogP contribution in [0.15, 0.2) is 164 Å². The van der Waals surface area contributed by atoms with E-state index < -0.39 is 5.41 Å². The lowest BCUT2D eigenvalue weighted by Crippen LogP contribution is -2.32. The van der Waals surface area contributed by atoms with E-state index in [1.165, 1.54) is 59.2 Å². The summed E-state index contributed by atoms with van der Waals surface area (Å²) in [5.41, 5.74) is 10.4. The number of hydrogen-bond donors (Lipinski definition) is 0.